The summed E-state index contributed by atoms with van der Waals surface area (Å²) in [6.07, 6.45) is 0. The van der Waals surface area contributed by atoms with E-state index in [0.29, 0.717) is 0 Å². The number of nitrogens with one attached hydrogen (secondary N) is 1. The minimum absolute atomic E-state index is 0.000759. The van der Waals surface area contributed by atoms with E-state index < -0.39 is 35.3 Å². The molecule has 1 N–H and O–H groups in total. The fraction of sp³-hybridized carbons (Fsp3) is 0.360. The van der Waals surface area contributed by atoms with Gasteiger partial charge in [-0.2, -0.15) is 0 Å². The average molecular weight is 456 g/mol. The fourth-order valence-corrected chi connectivity index (χ4v) is 3.55. The molecular weight excluding hydrogens is 426 g/mol. The number of amides is 1. The van der Waals surface area contributed by atoms with Crippen molar-refractivity contribution in [3.05, 3.63) is 60.2 Å². The van der Waals surface area contributed by atoms with E-state index >= 15 is 0 Å². The molecule has 33 heavy (non-hydrogen) atoms. The van der Waals surface area contributed by atoms with Gasteiger partial charge in [-0.25, -0.2) is 9.59 Å². The first-order valence-corrected chi connectivity index (χ1v) is 10.8. The monoisotopic (exact) mass is 455 g/mol. The van der Waals surface area contributed by atoms with Crippen LogP contribution in [0, 0.1) is 0 Å². The first-order chi connectivity index (χ1) is 15.8. The molecule has 8 nitrogen and oxygen atoms in total. The lowest BCUT2D eigenvalue weighted by Gasteiger charge is -2.35. The summed E-state index contributed by atoms with van der Waals surface area (Å²) in [5.74, 6) is -5.34. The molecular formula is C25H29NO7. The molecule has 0 aromatic heterocycles. The van der Waals surface area contributed by atoms with Gasteiger partial charge in [0.25, 0.3) is 5.54 Å². The van der Waals surface area contributed by atoms with E-state index in [2.05, 4.69) is 5.32 Å². The topological polar surface area (TPSA) is 108 Å². The Morgan fingerprint density at radius 3 is 1.70 bits per heavy atom. The lowest BCUT2D eigenvalue weighted by molar-refractivity contribution is -0.174. The van der Waals surface area contributed by atoms with Crippen LogP contribution in [0.15, 0.2) is 54.6 Å². The highest BCUT2D eigenvalue weighted by molar-refractivity contribution is 6.12. The van der Waals surface area contributed by atoms with Crippen LogP contribution < -0.4 is 5.32 Å². The predicted octanol–water partition coefficient (Wildman–Crippen LogP) is 3.00. The molecule has 1 unspecified atom stereocenters. The summed E-state index contributed by atoms with van der Waals surface area (Å²) in [5.41, 5.74) is -0.374. The third kappa shape index (κ3) is 5.77. The molecule has 2 aromatic rings. The highest BCUT2D eigenvalue weighted by Gasteiger charge is 2.60. The molecule has 0 aliphatic heterocycles. The summed E-state index contributed by atoms with van der Waals surface area (Å²) in [7, 11) is 0. The molecule has 0 aliphatic rings. The second-order valence-electron chi connectivity index (χ2n) is 7.10. The third-order valence-electron chi connectivity index (χ3n) is 4.87. The van der Waals surface area contributed by atoms with E-state index in [1.165, 1.54) is 0 Å². The average Bonchev–Trinajstić information content (AvgIpc) is 2.79. The zero-order valence-electron chi connectivity index (χ0n) is 19.3. The number of ether oxygens (including phenoxy) is 3. The van der Waals surface area contributed by atoms with Crippen molar-refractivity contribution in [1.82, 2.24) is 5.32 Å². The van der Waals surface area contributed by atoms with Crippen molar-refractivity contribution in [2.45, 2.75) is 39.2 Å². The Labute approximate surface area is 193 Å². The van der Waals surface area contributed by atoms with Crippen molar-refractivity contribution in [3.63, 3.8) is 0 Å². The van der Waals surface area contributed by atoms with Crippen LogP contribution in [-0.2, 0) is 33.4 Å². The number of carbonyl (C=O) groups excluding carboxylic acids is 4. The standard InChI is InChI=1S/C25H29NO7/c1-5-31-22(28)21(20-15-13-19(14-16-20)18-11-9-8-10-12-18)25(26-17(4)27,23(29)32-6-2)24(30)33-7-3/h8-16,21H,5-7H2,1-4H3,(H,26,27). The lowest BCUT2D eigenvalue weighted by atomic mass is 9.78. The summed E-state index contributed by atoms with van der Waals surface area (Å²) >= 11 is 0. The van der Waals surface area contributed by atoms with Crippen LogP contribution in [-0.4, -0.2) is 49.2 Å². The second kappa shape index (κ2) is 11.8. The van der Waals surface area contributed by atoms with Crippen LogP contribution in [0.5, 0.6) is 0 Å². The van der Waals surface area contributed by atoms with E-state index in [4.69, 9.17) is 14.2 Å². The molecule has 0 heterocycles. The molecule has 1 atom stereocenters. The van der Waals surface area contributed by atoms with Crippen LogP contribution >= 0.6 is 0 Å². The largest absolute Gasteiger partial charge is 0.465 e. The molecule has 0 saturated carbocycles. The van der Waals surface area contributed by atoms with Crippen molar-refractivity contribution in [3.8, 4) is 11.1 Å². The molecule has 0 fully saturated rings. The van der Waals surface area contributed by atoms with E-state index in [0.717, 1.165) is 18.1 Å². The molecule has 0 aliphatic carbocycles. The second-order valence-corrected chi connectivity index (χ2v) is 7.10. The SMILES string of the molecule is CCOC(=O)C(c1ccc(-c2ccccc2)cc1)C(NC(C)=O)(C(=O)OCC)C(=O)OCC. The molecule has 8 heteroatoms. The summed E-state index contributed by atoms with van der Waals surface area (Å²) in [5, 5.41) is 2.36. The number of benzene rings is 2. The van der Waals surface area contributed by atoms with E-state index in [1.54, 1.807) is 45.0 Å². The summed E-state index contributed by atoms with van der Waals surface area (Å²) < 4.78 is 15.5. The Morgan fingerprint density at radius 1 is 0.758 bits per heavy atom. The highest BCUT2D eigenvalue weighted by Crippen LogP contribution is 2.34. The van der Waals surface area contributed by atoms with Gasteiger partial charge in [0.2, 0.25) is 5.91 Å². The normalized spacial score (nSPS) is 11.8. The zero-order chi connectivity index (χ0) is 24.4. The van der Waals surface area contributed by atoms with E-state index in [1.807, 2.05) is 30.3 Å². The van der Waals surface area contributed by atoms with E-state index in [-0.39, 0.29) is 25.4 Å². The molecule has 2 rings (SSSR count). The number of rotatable bonds is 10. The molecule has 0 saturated heterocycles. The number of hydrogen-bond acceptors (Lipinski definition) is 7. The molecule has 0 spiro atoms. The Balaban J connectivity index is 2.71. The minimum atomic E-state index is -2.46. The van der Waals surface area contributed by atoms with Gasteiger partial charge in [-0.05, 0) is 37.5 Å². The maximum atomic E-state index is 13.2. The van der Waals surface area contributed by atoms with Crippen LogP contribution in [0.2, 0.25) is 0 Å². The van der Waals surface area contributed by atoms with Crippen LogP contribution in [0.4, 0.5) is 0 Å². The molecule has 2 aromatic carbocycles. The van der Waals surface area contributed by atoms with Crippen LogP contribution in [0.1, 0.15) is 39.2 Å². The summed E-state index contributed by atoms with van der Waals surface area (Å²) in [6, 6.07) is 16.3. The lowest BCUT2D eigenvalue weighted by Crippen LogP contribution is -2.66. The molecule has 0 bridgehead atoms. The number of hydrogen-bond donors (Lipinski definition) is 1. The van der Waals surface area contributed by atoms with Crippen molar-refractivity contribution in [2.75, 3.05) is 19.8 Å². The smallest absolute Gasteiger partial charge is 0.345 e. The molecule has 0 radical (unpaired) electrons. The highest BCUT2D eigenvalue weighted by atomic mass is 16.6. The minimum Gasteiger partial charge on any atom is -0.465 e. The van der Waals surface area contributed by atoms with Gasteiger partial charge in [-0.3, -0.25) is 9.59 Å². The Morgan fingerprint density at radius 2 is 1.24 bits per heavy atom. The predicted molar refractivity (Wildman–Crippen MR) is 121 cm³/mol. The maximum Gasteiger partial charge on any atom is 0.345 e. The van der Waals surface area contributed by atoms with Crippen molar-refractivity contribution in [1.29, 1.82) is 0 Å². The first-order valence-electron chi connectivity index (χ1n) is 10.8. The quantitative estimate of drug-likeness (QED) is 0.333. The number of carbonyl (C=O) groups is 4. The fourth-order valence-electron chi connectivity index (χ4n) is 3.55. The van der Waals surface area contributed by atoms with Crippen molar-refractivity contribution < 1.29 is 33.4 Å². The Kier molecular flexibility index (Phi) is 9.15. The van der Waals surface area contributed by atoms with Gasteiger partial charge < -0.3 is 19.5 Å². The molecule has 176 valence electrons. The van der Waals surface area contributed by atoms with Crippen LogP contribution in [0.3, 0.4) is 0 Å². The third-order valence-corrected chi connectivity index (χ3v) is 4.87. The number of esters is 3. The van der Waals surface area contributed by atoms with Gasteiger partial charge in [-0.15, -0.1) is 0 Å². The Bertz CT molecular complexity index is 952. The van der Waals surface area contributed by atoms with Gasteiger partial charge in [0.1, 0.15) is 5.92 Å². The Hall–Kier alpha value is -3.68. The first kappa shape index (κ1) is 25.6. The summed E-state index contributed by atoms with van der Waals surface area (Å²) in [4.78, 5) is 51.7. The van der Waals surface area contributed by atoms with Gasteiger partial charge in [0.05, 0.1) is 19.8 Å². The van der Waals surface area contributed by atoms with Gasteiger partial charge in [0.15, 0.2) is 0 Å². The maximum absolute atomic E-state index is 13.2. The summed E-state index contributed by atoms with van der Waals surface area (Å²) in [6.45, 7) is 5.67. The molecule has 1 amide bonds. The van der Waals surface area contributed by atoms with Gasteiger partial charge in [0, 0.05) is 6.92 Å². The van der Waals surface area contributed by atoms with Gasteiger partial charge in [-0.1, -0.05) is 54.6 Å². The van der Waals surface area contributed by atoms with E-state index in [9.17, 15) is 19.2 Å². The zero-order valence-corrected chi connectivity index (χ0v) is 19.3. The van der Waals surface area contributed by atoms with Crippen molar-refractivity contribution >= 4 is 23.8 Å². The van der Waals surface area contributed by atoms with Gasteiger partial charge >= 0.3 is 17.9 Å². The van der Waals surface area contributed by atoms with Crippen molar-refractivity contribution in [2.24, 2.45) is 0 Å². The van der Waals surface area contributed by atoms with Crippen LogP contribution in [0.25, 0.3) is 11.1 Å².